The number of imidazole rings is 1. The predicted octanol–water partition coefficient (Wildman–Crippen LogP) is 4.00. The van der Waals surface area contributed by atoms with Crippen molar-refractivity contribution in [2.45, 2.75) is 37.0 Å². The smallest absolute Gasteiger partial charge is 0.182 e. The van der Waals surface area contributed by atoms with Crippen molar-refractivity contribution in [3.63, 3.8) is 0 Å². The summed E-state index contributed by atoms with van der Waals surface area (Å²) < 4.78 is 2.15. The number of fused-ring (bicyclic) bond motifs is 1. The van der Waals surface area contributed by atoms with Crippen molar-refractivity contribution < 1.29 is 0 Å². The third-order valence-corrected chi connectivity index (χ3v) is 4.75. The van der Waals surface area contributed by atoms with Gasteiger partial charge in [-0.25, -0.2) is 15.0 Å². The third kappa shape index (κ3) is 3.14. The van der Waals surface area contributed by atoms with Gasteiger partial charge in [0.15, 0.2) is 5.65 Å². The molecule has 1 aromatic carbocycles. The molecule has 2 aromatic heterocycles. The van der Waals surface area contributed by atoms with Crippen LogP contribution in [0.5, 0.6) is 0 Å². The van der Waals surface area contributed by atoms with E-state index in [4.69, 9.17) is 0 Å². The Morgan fingerprint density at radius 2 is 1.95 bits per heavy atom. The van der Waals surface area contributed by atoms with Crippen molar-refractivity contribution in [1.82, 2.24) is 19.5 Å². The van der Waals surface area contributed by atoms with Crippen LogP contribution in [0, 0.1) is 0 Å². The Balaban J connectivity index is 1.87. The van der Waals surface area contributed by atoms with E-state index in [2.05, 4.69) is 57.8 Å². The molecule has 3 rings (SSSR count). The molecule has 114 valence electrons. The molecule has 0 saturated heterocycles. The minimum Gasteiger partial charge on any atom is -0.328 e. The quantitative estimate of drug-likeness (QED) is 0.510. The lowest BCUT2D eigenvalue weighted by Crippen LogP contribution is -1.99. The average molecular weight is 312 g/mol. The van der Waals surface area contributed by atoms with E-state index in [1.165, 1.54) is 12.0 Å². The molecule has 0 aliphatic rings. The Morgan fingerprint density at radius 3 is 2.73 bits per heavy atom. The molecule has 0 spiro atoms. The molecule has 0 N–H and O–H groups in total. The molecule has 4 nitrogen and oxygen atoms in total. The molecule has 0 aliphatic heterocycles. The van der Waals surface area contributed by atoms with E-state index >= 15 is 0 Å². The number of thioether (sulfide) groups is 1. The van der Waals surface area contributed by atoms with Crippen LogP contribution in [0.2, 0.25) is 0 Å². The number of aromatic nitrogens is 4. The van der Waals surface area contributed by atoms with Crippen molar-refractivity contribution in [3.8, 4) is 0 Å². The molecule has 0 fully saturated rings. The Hall–Kier alpha value is -1.88. The van der Waals surface area contributed by atoms with Gasteiger partial charge in [0.1, 0.15) is 22.7 Å². The van der Waals surface area contributed by atoms with Crippen molar-refractivity contribution in [2.75, 3.05) is 0 Å². The van der Waals surface area contributed by atoms with Crippen LogP contribution in [0.15, 0.2) is 41.7 Å². The number of rotatable bonds is 6. The lowest BCUT2D eigenvalue weighted by molar-refractivity contribution is 0.718. The zero-order valence-electron chi connectivity index (χ0n) is 13.0. The van der Waals surface area contributed by atoms with E-state index in [0.717, 1.165) is 40.6 Å². The van der Waals surface area contributed by atoms with Crippen LogP contribution in [0.25, 0.3) is 11.2 Å². The highest BCUT2D eigenvalue weighted by Gasteiger charge is 2.13. The van der Waals surface area contributed by atoms with Crippen molar-refractivity contribution >= 4 is 22.9 Å². The summed E-state index contributed by atoms with van der Waals surface area (Å²) in [4.78, 5) is 13.5. The maximum atomic E-state index is 4.66. The van der Waals surface area contributed by atoms with E-state index in [0.29, 0.717) is 0 Å². The first-order chi connectivity index (χ1) is 10.8. The number of hydrogen-bond acceptors (Lipinski definition) is 4. The molecule has 5 heteroatoms. The largest absolute Gasteiger partial charge is 0.328 e. The predicted molar refractivity (Wildman–Crippen MR) is 90.9 cm³/mol. The summed E-state index contributed by atoms with van der Waals surface area (Å²) in [6.07, 6.45) is 4.93. The van der Waals surface area contributed by atoms with Crippen LogP contribution >= 0.6 is 11.8 Å². The van der Waals surface area contributed by atoms with Gasteiger partial charge in [-0.2, -0.15) is 0 Å². The number of nitrogens with zero attached hydrogens (tertiary/aromatic N) is 4. The van der Waals surface area contributed by atoms with Crippen LogP contribution in [0.4, 0.5) is 0 Å². The highest BCUT2D eigenvalue weighted by atomic mass is 32.2. The van der Waals surface area contributed by atoms with Crippen molar-refractivity contribution in [2.24, 2.45) is 7.05 Å². The van der Waals surface area contributed by atoms with Gasteiger partial charge in [-0.15, -0.1) is 0 Å². The molecular weight excluding hydrogens is 292 g/mol. The van der Waals surface area contributed by atoms with Gasteiger partial charge in [0, 0.05) is 19.2 Å². The first-order valence-electron chi connectivity index (χ1n) is 7.62. The SMILES string of the molecule is CCCCc1nc2ncnc(SCc3ccccc3)c2n1C. The fourth-order valence-electron chi connectivity index (χ4n) is 2.45. The van der Waals surface area contributed by atoms with Gasteiger partial charge in [-0.1, -0.05) is 55.4 Å². The molecular formula is C17H20N4S. The van der Waals surface area contributed by atoms with Crippen LogP contribution in [-0.2, 0) is 19.2 Å². The fourth-order valence-corrected chi connectivity index (χ4v) is 3.43. The van der Waals surface area contributed by atoms with Crippen LogP contribution < -0.4 is 0 Å². The molecule has 0 unspecified atom stereocenters. The standard InChI is InChI=1S/C17H20N4S/c1-3-4-10-14-20-16-15(21(14)2)17(19-12-18-16)22-11-13-8-6-5-7-9-13/h5-9,12H,3-4,10-11H2,1-2H3. The van der Waals surface area contributed by atoms with Gasteiger partial charge >= 0.3 is 0 Å². The monoisotopic (exact) mass is 312 g/mol. The van der Waals surface area contributed by atoms with Crippen LogP contribution in [0.3, 0.4) is 0 Å². The second kappa shape index (κ2) is 6.92. The van der Waals surface area contributed by atoms with Gasteiger partial charge in [-0.05, 0) is 12.0 Å². The van der Waals surface area contributed by atoms with Gasteiger partial charge in [-0.3, -0.25) is 0 Å². The van der Waals surface area contributed by atoms with E-state index in [-0.39, 0.29) is 0 Å². The van der Waals surface area contributed by atoms with E-state index in [9.17, 15) is 0 Å². The summed E-state index contributed by atoms with van der Waals surface area (Å²) in [5, 5.41) is 1.01. The Labute approximate surface area is 135 Å². The van der Waals surface area contributed by atoms with Crippen molar-refractivity contribution in [1.29, 1.82) is 0 Å². The van der Waals surface area contributed by atoms with E-state index < -0.39 is 0 Å². The van der Waals surface area contributed by atoms with Crippen LogP contribution in [0.1, 0.15) is 31.2 Å². The third-order valence-electron chi connectivity index (χ3n) is 3.70. The van der Waals surface area contributed by atoms with Crippen LogP contribution in [-0.4, -0.2) is 19.5 Å². The van der Waals surface area contributed by atoms with Gasteiger partial charge in [0.25, 0.3) is 0 Å². The van der Waals surface area contributed by atoms with E-state index in [1.807, 2.05) is 6.07 Å². The normalized spacial score (nSPS) is 11.2. The summed E-state index contributed by atoms with van der Waals surface area (Å²) in [6.45, 7) is 2.20. The molecule has 3 aromatic rings. The number of hydrogen-bond donors (Lipinski definition) is 0. The zero-order chi connectivity index (χ0) is 15.4. The summed E-state index contributed by atoms with van der Waals surface area (Å²) in [6, 6.07) is 10.5. The topological polar surface area (TPSA) is 43.6 Å². The summed E-state index contributed by atoms with van der Waals surface area (Å²) in [5.41, 5.74) is 3.15. The van der Waals surface area contributed by atoms with E-state index in [1.54, 1.807) is 18.1 Å². The Morgan fingerprint density at radius 1 is 1.14 bits per heavy atom. The second-order valence-corrected chi connectivity index (χ2v) is 6.28. The molecule has 0 atom stereocenters. The first kappa shape index (κ1) is 15.0. The second-order valence-electron chi connectivity index (χ2n) is 5.32. The Kier molecular flexibility index (Phi) is 4.73. The molecule has 0 saturated carbocycles. The van der Waals surface area contributed by atoms with Crippen molar-refractivity contribution in [3.05, 3.63) is 48.0 Å². The highest BCUT2D eigenvalue weighted by Crippen LogP contribution is 2.27. The summed E-state index contributed by atoms with van der Waals surface area (Å²) in [7, 11) is 2.07. The highest BCUT2D eigenvalue weighted by molar-refractivity contribution is 7.98. The molecule has 22 heavy (non-hydrogen) atoms. The molecule has 0 bridgehead atoms. The zero-order valence-corrected chi connectivity index (χ0v) is 13.8. The van der Waals surface area contributed by atoms with Gasteiger partial charge in [0.2, 0.25) is 0 Å². The Bertz CT molecular complexity index is 752. The number of unbranched alkanes of at least 4 members (excludes halogenated alkanes) is 1. The maximum absolute atomic E-state index is 4.66. The van der Waals surface area contributed by atoms with Gasteiger partial charge < -0.3 is 4.57 Å². The van der Waals surface area contributed by atoms with Gasteiger partial charge in [0.05, 0.1) is 0 Å². The molecule has 2 heterocycles. The first-order valence-corrected chi connectivity index (χ1v) is 8.61. The summed E-state index contributed by atoms with van der Waals surface area (Å²) in [5.74, 6) is 2.00. The number of aryl methyl sites for hydroxylation is 2. The minimum absolute atomic E-state index is 0.805. The summed E-state index contributed by atoms with van der Waals surface area (Å²) >= 11 is 1.74. The molecule has 0 aliphatic carbocycles. The lowest BCUT2D eigenvalue weighted by Gasteiger charge is -2.05. The lowest BCUT2D eigenvalue weighted by atomic mass is 10.2. The number of benzene rings is 1. The molecule has 0 radical (unpaired) electrons. The average Bonchev–Trinajstić information content (AvgIpc) is 2.89. The fraction of sp³-hybridized carbons (Fsp3) is 0.353. The maximum Gasteiger partial charge on any atom is 0.182 e. The minimum atomic E-state index is 0.805. The molecule has 0 amide bonds.